The topological polar surface area (TPSA) is 69.7 Å². The van der Waals surface area contributed by atoms with Gasteiger partial charge in [0.15, 0.2) is 5.92 Å². The van der Waals surface area contributed by atoms with E-state index in [2.05, 4.69) is 9.47 Å². The molecule has 0 spiro atoms. The number of hydrogen-bond acceptors (Lipinski definition) is 5. The SMILES string of the molecule is COC(=O)C(=O)C(C(=O)OC)c1cc(C)ccc1C. The van der Waals surface area contributed by atoms with Gasteiger partial charge < -0.3 is 9.47 Å². The lowest BCUT2D eigenvalue weighted by Crippen LogP contribution is -2.30. The Bertz CT molecular complexity index is 519. The molecule has 0 fully saturated rings. The quantitative estimate of drug-likeness (QED) is 0.466. The van der Waals surface area contributed by atoms with E-state index in [9.17, 15) is 14.4 Å². The summed E-state index contributed by atoms with van der Waals surface area (Å²) < 4.78 is 8.99. The first-order chi connectivity index (χ1) is 8.92. The van der Waals surface area contributed by atoms with E-state index >= 15 is 0 Å². The molecule has 1 aromatic rings. The number of carbonyl (C=O) groups excluding carboxylic acids is 3. The number of Topliss-reactive ketones (excluding diaryl/α,β-unsaturated/α-hetero) is 1. The van der Waals surface area contributed by atoms with Gasteiger partial charge in [0.25, 0.3) is 5.78 Å². The molecule has 102 valence electrons. The maximum atomic E-state index is 12.0. The monoisotopic (exact) mass is 264 g/mol. The molecule has 0 saturated heterocycles. The third-order valence-corrected chi connectivity index (χ3v) is 2.83. The van der Waals surface area contributed by atoms with Crippen LogP contribution >= 0.6 is 0 Å². The number of rotatable bonds is 4. The minimum atomic E-state index is -1.28. The average molecular weight is 264 g/mol. The molecule has 1 rings (SSSR count). The number of carbonyl (C=O) groups is 3. The van der Waals surface area contributed by atoms with Crippen LogP contribution in [0.25, 0.3) is 0 Å². The Hall–Kier alpha value is -2.17. The van der Waals surface area contributed by atoms with Crippen LogP contribution in [-0.2, 0) is 23.9 Å². The minimum Gasteiger partial charge on any atom is -0.468 e. The van der Waals surface area contributed by atoms with Gasteiger partial charge in [-0.2, -0.15) is 0 Å². The van der Waals surface area contributed by atoms with Crippen molar-refractivity contribution in [3.05, 3.63) is 34.9 Å². The standard InChI is InChI=1S/C14H16O5/c1-8-5-6-9(2)10(7-8)11(13(16)18-3)12(15)14(17)19-4/h5-7,11H,1-4H3. The molecule has 1 unspecified atom stereocenters. The lowest BCUT2D eigenvalue weighted by atomic mass is 9.90. The van der Waals surface area contributed by atoms with Crippen LogP contribution in [-0.4, -0.2) is 31.9 Å². The fourth-order valence-electron chi connectivity index (χ4n) is 1.78. The Kier molecular flexibility index (Phi) is 4.80. The summed E-state index contributed by atoms with van der Waals surface area (Å²) in [4.78, 5) is 35.1. The largest absolute Gasteiger partial charge is 0.468 e. The van der Waals surface area contributed by atoms with Gasteiger partial charge in [-0.15, -0.1) is 0 Å². The molecule has 0 aromatic heterocycles. The molecular formula is C14H16O5. The van der Waals surface area contributed by atoms with Crippen molar-refractivity contribution in [1.29, 1.82) is 0 Å². The number of benzene rings is 1. The van der Waals surface area contributed by atoms with E-state index in [1.165, 1.54) is 7.11 Å². The van der Waals surface area contributed by atoms with Gasteiger partial charge in [-0.25, -0.2) is 4.79 Å². The number of hydrogen-bond donors (Lipinski definition) is 0. The van der Waals surface area contributed by atoms with Crippen molar-refractivity contribution in [3.8, 4) is 0 Å². The van der Waals surface area contributed by atoms with Crippen molar-refractivity contribution in [3.63, 3.8) is 0 Å². The van der Waals surface area contributed by atoms with E-state index < -0.39 is 23.6 Å². The summed E-state index contributed by atoms with van der Waals surface area (Å²) in [6, 6.07) is 5.33. The summed E-state index contributed by atoms with van der Waals surface area (Å²) in [5, 5.41) is 0. The highest BCUT2D eigenvalue weighted by molar-refractivity contribution is 6.39. The first kappa shape index (κ1) is 14.9. The molecular weight excluding hydrogens is 248 g/mol. The van der Waals surface area contributed by atoms with E-state index in [1.807, 2.05) is 13.0 Å². The second-order valence-electron chi connectivity index (χ2n) is 4.17. The van der Waals surface area contributed by atoms with Gasteiger partial charge >= 0.3 is 11.9 Å². The highest BCUT2D eigenvalue weighted by atomic mass is 16.5. The predicted molar refractivity (Wildman–Crippen MR) is 67.7 cm³/mol. The van der Waals surface area contributed by atoms with Crippen molar-refractivity contribution in [1.82, 2.24) is 0 Å². The number of methoxy groups -OCH3 is 2. The molecule has 0 amide bonds. The van der Waals surface area contributed by atoms with Crippen molar-refractivity contribution in [2.24, 2.45) is 0 Å². The van der Waals surface area contributed by atoms with Gasteiger partial charge in [-0.1, -0.05) is 23.8 Å². The molecule has 0 aliphatic heterocycles. The van der Waals surface area contributed by atoms with Gasteiger partial charge in [0.2, 0.25) is 0 Å². The third-order valence-electron chi connectivity index (χ3n) is 2.83. The molecule has 0 bridgehead atoms. The Morgan fingerprint density at radius 2 is 1.68 bits per heavy atom. The lowest BCUT2D eigenvalue weighted by Gasteiger charge is -2.15. The zero-order valence-electron chi connectivity index (χ0n) is 11.4. The van der Waals surface area contributed by atoms with Crippen LogP contribution in [0.15, 0.2) is 18.2 Å². The summed E-state index contributed by atoms with van der Waals surface area (Å²) in [6.07, 6.45) is 0. The second kappa shape index (κ2) is 6.13. The van der Waals surface area contributed by atoms with E-state index in [0.29, 0.717) is 5.56 Å². The number of aryl methyl sites for hydroxylation is 2. The van der Waals surface area contributed by atoms with Crippen LogP contribution < -0.4 is 0 Å². The van der Waals surface area contributed by atoms with Crippen LogP contribution in [0.3, 0.4) is 0 Å². The molecule has 5 nitrogen and oxygen atoms in total. The van der Waals surface area contributed by atoms with E-state index in [1.54, 1.807) is 19.1 Å². The molecule has 0 radical (unpaired) electrons. The van der Waals surface area contributed by atoms with Crippen molar-refractivity contribution < 1.29 is 23.9 Å². The lowest BCUT2D eigenvalue weighted by molar-refractivity contribution is -0.157. The highest BCUT2D eigenvalue weighted by Gasteiger charge is 2.35. The van der Waals surface area contributed by atoms with E-state index in [0.717, 1.165) is 18.2 Å². The summed E-state index contributed by atoms with van der Waals surface area (Å²) >= 11 is 0. The fourth-order valence-corrected chi connectivity index (χ4v) is 1.78. The van der Waals surface area contributed by atoms with Crippen LogP contribution in [0.5, 0.6) is 0 Å². The maximum Gasteiger partial charge on any atom is 0.375 e. The van der Waals surface area contributed by atoms with Crippen LogP contribution in [0, 0.1) is 13.8 Å². The first-order valence-corrected chi connectivity index (χ1v) is 5.69. The molecule has 0 aliphatic rings. The van der Waals surface area contributed by atoms with Gasteiger partial charge in [0.05, 0.1) is 14.2 Å². The predicted octanol–water partition coefficient (Wildman–Crippen LogP) is 1.30. The number of ether oxygens (including phenoxy) is 2. The molecule has 19 heavy (non-hydrogen) atoms. The zero-order valence-corrected chi connectivity index (χ0v) is 11.4. The summed E-state index contributed by atoms with van der Waals surface area (Å²) in [6.45, 7) is 3.59. The Morgan fingerprint density at radius 1 is 1.05 bits per heavy atom. The summed E-state index contributed by atoms with van der Waals surface area (Å²) in [5.41, 5.74) is 2.08. The summed E-state index contributed by atoms with van der Waals surface area (Å²) in [7, 11) is 2.27. The molecule has 0 N–H and O–H groups in total. The fraction of sp³-hybridized carbons (Fsp3) is 0.357. The van der Waals surface area contributed by atoms with Crippen molar-refractivity contribution >= 4 is 17.7 Å². The smallest absolute Gasteiger partial charge is 0.375 e. The van der Waals surface area contributed by atoms with Crippen LogP contribution in [0.1, 0.15) is 22.6 Å². The zero-order chi connectivity index (χ0) is 14.6. The minimum absolute atomic E-state index is 0.460. The Balaban J connectivity index is 3.32. The normalized spacial score (nSPS) is 11.6. The molecule has 1 atom stereocenters. The Morgan fingerprint density at radius 3 is 2.21 bits per heavy atom. The van der Waals surface area contributed by atoms with E-state index in [4.69, 9.17) is 0 Å². The molecule has 0 heterocycles. The molecule has 0 saturated carbocycles. The third kappa shape index (κ3) is 3.19. The maximum absolute atomic E-state index is 12.0. The van der Waals surface area contributed by atoms with Gasteiger partial charge in [-0.05, 0) is 25.0 Å². The molecule has 0 aliphatic carbocycles. The van der Waals surface area contributed by atoms with Gasteiger partial charge in [0.1, 0.15) is 0 Å². The Labute approximate surface area is 111 Å². The second-order valence-corrected chi connectivity index (χ2v) is 4.17. The van der Waals surface area contributed by atoms with Crippen molar-refractivity contribution in [2.45, 2.75) is 19.8 Å². The van der Waals surface area contributed by atoms with Crippen LogP contribution in [0.2, 0.25) is 0 Å². The average Bonchev–Trinajstić information content (AvgIpc) is 2.41. The van der Waals surface area contributed by atoms with Gasteiger partial charge in [-0.3, -0.25) is 9.59 Å². The summed E-state index contributed by atoms with van der Waals surface area (Å²) in [5.74, 6) is -4.04. The number of esters is 2. The van der Waals surface area contributed by atoms with E-state index in [-0.39, 0.29) is 0 Å². The molecule has 1 aromatic carbocycles. The highest BCUT2D eigenvalue weighted by Crippen LogP contribution is 2.24. The van der Waals surface area contributed by atoms with Crippen LogP contribution in [0.4, 0.5) is 0 Å². The first-order valence-electron chi connectivity index (χ1n) is 5.69. The molecule has 5 heteroatoms. The van der Waals surface area contributed by atoms with Crippen molar-refractivity contribution in [2.75, 3.05) is 14.2 Å². The number of ketones is 1. The van der Waals surface area contributed by atoms with Gasteiger partial charge in [0, 0.05) is 0 Å².